The molecule has 0 saturated heterocycles. The van der Waals surface area contributed by atoms with Gasteiger partial charge in [0.05, 0.1) is 0 Å². The number of amides is 2. The third-order valence-corrected chi connectivity index (χ3v) is 4.38. The first-order valence-corrected chi connectivity index (χ1v) is 8.14. The van der Waals surface area contributed by atoms with Gasteiger partial charge in [0.15, 0.2) is 0 Å². The number of nitrogens with zero attached hydrogens (tertiary/aromatic N) is 2. The second-order valence-electron chi connectivity index (χ2n) is 5.55. The van der Waals surface area contributed by atoms with Crippen LogP contribution in [-0.2, 0) is 12.6 Å². The Morgan fingerprint density at radius 2 is 1.45 bits per heavy atom. The monoisotopic (exact) mass is 452 g/mol. The SMILES string of the molecule is O=C(Nc1nnc(C(F)(F)F)s1)NC(Cc1ccccc1)(C(F)(F)F)C(F)(F)F. The van der Waals surface area contributed by atoms with Gasteiger partial charge in [-0.2, -0.15) is 39.5 Å². The van der Waals surface area contributed by atoms with Crippen molar-refractivity contribution in [1.82, 2.24) is 15.5 Å². The first-order valence-electron chi connectivity index (χ1n) is 7.33. The molecule has 5 nitrogen and oxygen atoms in total. The maximum absolute atomic E-state index is 13.5. The standard InChI is InChI=1S/C14H9F9N4OS/c15-12(16,17)8-26-27-10(29-8)24-9(28)25-11(13(18,19)20,14(21,22)23)6-7-4-2-1-3-5-7/h1-5H,6H2,(H2,24,25,27,28). The van der Waals surface area contributed by atoms with E-state index in [0.29, 0.717) is 0 Å². The number of rotatable bonds is 4. The molecule has 0 atom stereocenters. The van der Waals surface area contributed by atoms with Crippen LogP contribution in [0.25, 0.3) is 0 Å². The fourth-order valence-electron chi connectivity index (χ4n) is 2.16. The van der Waals surface area contributed by atoms with E-state index in [9.17, 15) is 44.3 Å². The lowest BCUT2D eigenvalue weighted by molar-refractivity contribution is -0.303. The third kappa shape index (κ3) is 5.07. The smallest absolute Gasteiger partial charge is 0.316 e. The minimum atomic E-state index is -5.99. The molecule has 15 heteroatoms. The highest BCUT2D eigenvalue weighted by molar-refractivity contribution is 7.15. The Hall–Kier alpha value is -2.58. The first-order chi connectivity index (χ1) is 13.2. The topological polar surface area (TPSA) is 66.9 Å². The van der Waals surface area contributed by atoms with E-state index in [2.05, 4.69) is 10.2 Å². The van der Waals surface area contributed by atoms with Crippen LogP contribution in [0, 0.1) is 0 Å². The van der Waals surface area contributed by atoms with Crippen molar-refractivity contribution in [3.63, 3.8) is 0 Å². The Balaban J connectivity index is 2.34. The molecule has 0 fully saturated rings. The van der Waals surface area contributed by atoms with E-state index in [4.69, 9.17) is 0 Å². The quantitative estimate of drug-likeness (QED) is 0.656. The molecular formula is C14H9F9N4OS. The highest BCUT2D eigenvalue weighted by Gasteiger charge is 2.71. The number of carbonyl (C=O) groups excluding carboxylic acids is 1. The molecule has 0 radical (unpaired) electrons. The molecule has 1 aromatic heterocycles. The molecule has 0 bridgehead atoms. The van der Waals surface area contributed by atoms with Crippen LogP contribution in [-0.4, -0.2) is 34.1 Å². The number of nitrogens with one attached hydrogen (secondary N) is 2. The van der Waals surface area contributed by atoms with E-state index in [1.807, 2.05) is 0 Å². The molecule has 2 amide bonds. The van der Waals surface area contributed by atoms with E-state index in [-0.39, 0.29) is 11.3 Å². The Bertz CT molecular complexity index is 831. The van der Waals surface area contributed by atoms with Crippen LogP contribution < -0.4 is 10.6 Å². The molecule has 2 rings (SSSR count). The predicted molar refractivity (Wildman–Crippen MR) is 82.1 cm³/mol. The summed E-state index contributed by atoms with van der Waals surface area (Å²) < 4.78 is 118. The van der Waals surface area contributed by atoms with E-state index < -0.39 is 52.2 Å². The van der Waals surface area contributed by atoms with Crippen molar-refractivity contribution >= 4 is 22.5 Å². The number of hydrogen-bond acceptors (Lipinski definition) is 4. The summed E-state index contributed by atoms with van der Waals surface area (Å²) >= 11 is -0.269. The average molecular weight is 452 g/mol. The van der Waals surface area contributed by atoms with Gasteiger partial charge in [0.2, 0.25) is 15.7 Å². The number of anilines is 1. The summed E-state index contributed by atoms with van der Waals surface area (Å²) in [5.74, 6) is 0. The van der Waals surface area contributed by atoms with Crippen molar-refractivity contribution in [3.05, 3.63) is 40.9 Å². The minimum Gasteiger partial charge on any atom is -0.316 e. The number of hydrogen-bond donors (Lipinski definition) is 2. The molecule has 1 aromatic carbocycles. The molecule has 160 valence electrons. The molecule has 2 N–H and O–H groups in total. The van der Waals surface area contributed by atoms with E-state index >= 15 is 0 Å². The summed E-state index contributed by atoms with van der Waals surface area (Å²) in [7, 11) is 0. The lowest BCUT2D eigenvalue weighted by Gasteiger charge is -2.37. The Morgan fingerprint density at radius 1 is 0.897 bits per heavy atom. The maximum atomic E-state index is 13.5. The fraction of sp³-hybridized carbons (Fsp3) is 0.357. The minimum absolute atomic E-state index is 0.269. The van der Waals surface area contributed by atoms with Crippen LogP contribution in [0.1, 0.15) is 10.6 Å². The molecule has 1 heterocycles. The zero-order valence-electron chi connectivity index (χ0n) is 13.7. The summed E-state index contributed by atoms with van der Waals surface area (Å²) in [6.07, 6.45) is -18.6. The second kappa shape index (κ2) is 7.68. The van der Waals surface area contributed by atoms with Crippen LogP contribution in [0.4, 0.5) is 49.4 Å². The van der Waals surface area contributed by atoms with Gasteiger partial charge in [0.25, 0.3) is 0 Å². The van der Waals surface area contributed by atoms with Crippen molar-refractivity contribution in [2.45, 2.75) is 30.5 Å². The van der Waals surface area contributed by atoms with Gasteiger partial charge in [0, 0.05) is 6.42 Å². The number of urea groups is 1. The van der Waals surface area contributed by atoms with Crippen molar-refractivity contribution in [1.29, 1.82) is 0 Å². The third-order valence-electron chi connectivity index (χ3n) is 3.49. The second-order valence-corrected chi connectivity index (χ2v) is 6.53. The Morgan fingerprint density at radius 3 is 1.90 bits per heavy atom. The molecule has 0 aliphatic carbocycles. The fourth-order valence-corrected chi connectivity index (χ4v) is 2.77. The summed E-state index contributed by atoms with van der Waals surface area (Å²) in [5, 5.41) is 5.28. The molecule has 0 saturated carbocycles. The van der Waals surface area contributed by atoms with Gasteiger partial charge in [0.1, 0.15) is 0 Å². The highest BCUT2D eigenvalue weighted by Crippen LogP contribution is 2.45. The number of alkyl halides is 9. The van der Waals surface area contributed by atoms with Crippen LogP contribution in [0.15, 0.2) is 30.3 Å². The molecule has 29 heavy (non-hydrogen) atoms. The zero-order valence-corrected chi connectivity index (χ0v) is 14.5. The molecule has 2 aromatic rings. The first kappa shape index (κ1) is 22.7. The summed E-state index contributed by atoms with van der Waals surface area (Å²) in [6, 6.07) is 3.69. The lowest BCUT2D eigenvalue weighted by Crippen LogP contribution is -2.69. The number of aromatic nitrogens is 2. The maximum Gasteiger partial charge on any atom is 0.445 e. The largest absolute Gasteiger partial charge is 0.445 e. The lowest BCUT2D eigenvalue weighted by atomic mass is 9.89. The normalized spacial score (nSPS) is 13.3. The van der Waals surface area contributed by atoms with Crippen molar-refractivity contribution < 1.29 is 44.3 Å². The number of benzene rings is 1. The summed E-state index contributed by atoms with van der Waals surface area (Å²) in [4.78, 5) is 11.8. The van der Waals surface area contributed by atoms with Gasteiger partial charge in [-0.1, -0.05) is 41.7 Å². The Kier molecular flexibility index (Phi) is 6.02. The van der Waals surface area contributed by atoms with Crippen molar-refractivity contribution in [2.24, 2.45) is 0 Å². The van der Waals surface area contributed by atoms with Gasteiger partial charge in [-0.15, -0.1) is 10.2 Å². The van der Waals surface area contributed by atoms with Crippen molar-refractivity contribution in [2.75, 3.05) is 5.32 Å². The van der Waals surface area contributed by atoms with Gasteiger partial charge in [-0.25, -0.2) is 4.79 Å². The van der Waals surface area contributed by atoms with Crippen LogP contribution in [0.3, 0.4) is 0 Å². The molecule has 0 unspecified atom stereocenters. The van der Waals surface area contributed by atoms with Crippen molar-refractivity contribution in [3.8, 4) is 0 Å². The number of halogens is 9. The van der Waals surface area contributed by atoms with Crippen LogP contribution in [0.2, 0.25) is 0 Å². The average Bonchev–Trinajstić information content (AvgIpc) is 3.01. The highest BCUT2D eigenvalue weighted by atomic mass is 32.1. The zero-order chi connectivity index (χ0) is 22.1. The molecule has 0 aliphatic heterocycles. The molecular weight excluding hydrogens is 443 g/mol. The van der Waals surface area contributed by atoms with E-state index in [1.165, 1.54) is 23.5 Å². The van der Waals surface area contributed by atoms with E-state index in [1.54, 1.807) is 0 Å². The van der Waals surface area contributed by atoms with E-state index in [0.717, 1.165) is 17.4 Å². The van der Waals surface area contributed by atoms with Gasteiger partial charge >= 0.3 is 24.6 Å². The summed E-state index contributed by atoms with van der Waals surface area (Å²) in [6.45, 7) is 0. The summed E-state index contributed by atoms with van der Waals surface area (Å²) in [5.41, 5.74) is -5.10. The predicted octanol–water partition coefficient (Wildman–Crippen LogP) is 4.78. The number of carbonyl (C=O) groups is 1. The van der Waals surface area contributed by atoms with Crippen LogP contribution in [0.5, 0.6) is 0 Å². The van der Waals surface area contributed by atoms with Gasteiger partial charge in [-0.3, -0.25) is 5.32 Å². The van der Waals surface area contributed by atoms with Crippen LogP contribution >= 0.6 is 11.3 Å². The van der Waals surface area contributed by atoms with Gasteiger partial charge in [-0.05, 0) is 5.56 Å². The Labute approximate surface area is 159 Å². The molecule has 0 aliphatic rings. The van der Waals surface area contributed by atoms with Gasteiger partial charge < -0.3 is 5.32 Å². The molecule has 0 spiro atoms.